The standard InChI is InChI=1S/C12H12BFN2/c1-9(3-4-10(2)14)7-15-12-6-5-11(13)8-16-12/h3-6,8H,1-2,7H2,(H,15,16)/b4-3-. The Bertz CT molecular complexity index is 410. The van der Waals surface area contributed by atoms with Gasteiger partial charge in [-0.05, 0) is 17.7 Å². The lowest BCUT2D eigenvalue weighted by atomic mass is 9.99. The molecular formula is C12H12BFN2. The fourth-order valence-electron chi connectivity index (χ4n) is 0.981. The van der Waals surface area contributed by atoms with E-state index >= 15 is 0 Å². The van der Waals surface area contributed by atoms with Crippen molar-refractivity contribution in [2.24, 2.45) is 0 Å². The molecule has 80 valence electrons. The molecule has 1 heterocycles. The van der Waals surface area contributed by atoms with Crippen LogP contribution >= 0.6 is 0 Å². The van der Waals surface area contributed by atoms with Gasteiger partial charge in [0.25, 0.3) is 0 Å². The molecule has 0 fully saturated rings. The van der Waals surface area contributed by atoms with Gasteiger partial charge in [-0.1, -0.05) is 30.8 Å². The zero-order valence-corrected chi connectivity index (χ0v) is 8.91. The molecule has 1 aromatic rings. The molecule has 16 heavy (non-hydrogen) atoms. The predicted molar refractivity (Wildman–Crippen MR) is 66.6 cm³/mol. The summed E-state index contributed by atoms with van der Waals surface area (Å²) in [6.07, 6.45) is 4.39. The number of aromatic nitrogens is 1. The molecule has 0 saturated carbocycles. The lowest BCUT2D eigenvalue weighted by Gasteiger charge is -2.05. The van der Waals surface area contributed by atoms with Gasteiger partial charge in [0.05, 0.1) is 0 Å². The first-order chi connectivity index (χ1) is 7.58. The fraction of sp³-hybridized carbons (Fsp3) is 0.0833. The van der Waals surface area contributed by atoms with Gasteiger partial charge in [-0.25, -0.2) is 9.37 Å². The number of hydrogen-bond acceptors (Lipinski definition) is 2. The Labute approximate surface area is 96.0 Å². The second kappa shape index (κ2) is 5.90. The van der Waals surface area contributed by atoms with Gasteiger partial charge in [-0.2, -0.15) is 0 Å². The normalized spacial score (nSPS) is 10.3. The van der Waals surface area contributed by atoms with Gasteiger partial charge in [0.15, 0.2) is 0 Å². The number of nitrogens with zero attached hydrogens (tertiary/aromatic N) is 1. The Balaban J connectivity index is 2.43. The van der Waals surface area contributed by atoms with Crippen LogP contribution in [-0.2, 0) is 0 Å². The van der Waals surface area contributed by atoms with Crippen molar-refractivity contribution in [3.63, 3.8) is 0 Å². The molecule has 0 unspecified atom stereocenters. The van der Waals surface area contributed by atoms with Crippen molar-refractivity contribution in [2.45, 2.75) is 0 Å². The predicted octanol–water partition coefficient (Wildman–Crippen LogP) is 1.88. The summed E-state index contributed by atoms with van der Waals surface area (Å²) in [6.45, 7) is 7.35. The topological polar surface area (TPSA) is 24.9 Å². The van der Waals surface area contributed by atoms with E-state index in [2.05, 4.69) is 23.5 Å². The summed E-state index contributed by atoms with van der Waals surface area (Å²) in [5.41, 5.74) is 1.34. The smallest absolute Gasteiger partial charge is 0.126 e. The summed E-state index contributed by atoms with van der Waals surface area (Å²) in [4.78, 5) is 4.05. The number of rotatable bonds is 5. The Morgan fingerprint density at radius 2 is 2.19 bits per heavy atom. The molecule has 0 aliphatic carbocycles. The number of nitrogens with one attached hydrogen (secondary N) is 1. The van der Waals surface area contributed by atoms with Crippen LogP contribution in [0, 0.1) is 0 Å². The van der Waals surface area contributed by atoms with Gasteiger partial charge in [-0.15, -0.1) is 0 Å². The first-order valence-corrected chi connectivity index (χ1v) is 4.73. The van der Waals surface area contributed by atoms with Crippen LogP contribution in [0.25, 0.3) is 0 Å². The van der Waals surface area contributed by atoms with Crippen LogP contribution in [0.1, 0.15) is 0 Å². The van der Waals surface area contributed by atoms with E-state index in [0.29, 0.717) is 17.8 Å². The summed E-state index contributed by atoms with van der Waals surface area (Å²) >= 11 is 0. The molecule has 0 aliphatic rings. The maximum atomic E-state index is 12.3. The molecule has 0 amide bonds. The molecule has 0 bridgehead atoms. The Morgan fingerprint density at radius 3 is 2.75 bits per heavy atom. The summed E-state index contributed by atoms with van der Waals surface area (Å²) in [5, 5.41) is 3.03. The third-order valence-electron chi connectivity index (χ3n) is 1.78. The van der Waals surface area contributed by atoms with Crippen molar-refractivity contribution in [3.05, 3.63) is 55.0 Å². The molecule has 2 radical (unpaired) electrons. The Kier molecular flexibility index (Phi) is 4.52. The molecule has 0 atom stereocenters. The summed E-state index contributed by atoms with van der Waals surface area (Å²) in [5.74, 6) is 0.203. The van der Waals surface area contributed by atoms with Gasteiger partial charge in [-0.3, -0.25) is 0 Å². The molecular weight excluding hydrogens is 202 g/mol. The lowest BCUT2D eigenvalue weighted by Crippen LogP contribution is -2.08. The average molecular weight is 214 g/mol. The highest BCUT2D eigenvalue weighted by Gasteiger charge is 1.93. The molecule has 1 rings (SSSR count). The van der Waals surface area contributed by atoms with E-state index in [4.69, 9.17) is 7.85 Å². The molecule has 0 aromatic carbocycles. The van der Waals surface area contributed by atoms with Crippen LogP contribution in [0.4, 0.5) is 10.2 Å². The molecule has 0 saturated heterocycles. The molecule has 2 nitrogen and oxygen atoms in total. The molecule has 1 aromatic heterocycles. The highest BCUT2D eigenvalue weighted by molar-refractivity contribution is 6.32. The zero-order chi connectivity index (χ0) is 12.0. The van der Waals surface area contributed by atoms with Gasteiger partial charge >= 0.3 is 0 Å². The minimum Gasteiger partial charge on any atom is -0.366 e. The van der Waals surface area contributed by atoms with Crippen molar-refractivity contribution in [3.8, 4) is 0 Å². The van der Waals surface area contributed by atoms with E-state index in [9.17, 15) is 4.39 Å². The molecule has 0 aliphatic heterocycles. The zero-order valence-electron chi connectivity index (χ0n) is 8.91. The molecule has 1 N–H and O–H groups in total. The van der Waals surface area contributed by atoms with Crippen LogP contribution in [0.2, 0.25) is 0 Å². The second-order valence-corrected chi connectivity index (χ2v) is 3.27. The fourth-order valence-corrected chi connectivity index (χ4v) is 0.981. The number of anilines is 1. The highest BCUT2D eigenvalue weighted by atomic mass is 19.1. The largest absolute Gasteiger partial charge is 0.366 e. The van der Waals surface area contributed by atoms with Crippen molar-refractivity contribution in [2.75, 3.05) is 11.9 Å². The number of pyridine rings is 1. The number of hydrogen-bond donors (Lipinski definition) is 1. The van der Waals surface area contributed by atoms with E-state index in [1.807, 2.05) is 0 Å². The first kappa shape index (κ1) is 12.2. The van der Waals surface area contributed by atoms with Gasteiger partial charge in [0, 0.05) is 12.7 Å². The summed E-state index contributed by atoms with van der Waals surface area (Å²) < 4.78 is 12.3. The van der Waals surface area contributed by atoms with E-state index in [0.717, 1.165) is 5.57 Å². The monoisotopic (exact) mass is 214 g/mol. The SMILES string of the molecule is [B]c1ccc(NCC(=C)/C=C\C(=C)F)nc1. The van der Waals surface area contributed by atoms with Crippen LogP contribution in [0.15, 0.2) is 55.0 Å². The van der Waals surface area contributed by atoms with Crippen molar-refractivity contribution < 1.29 is 4.39 Å². The highest BCUT2D eigenvalue weighted by Crippen LogP contribution is 2.02. The third-order valence-corrected chi connectivity index (χ3v) is 1.78. The van der Waals surface area contributed by atoms with Crippen molar-refractivity contribution in [1.82, 2.24) is 4.98 Å². The summed E-state index contributed by atoms with van der Waals surface area (Å²) in [7, 11) is 5.49. The number of halogens is 1. The number of allylic oxidation sites excluding steroid dienone is 2. The van der Waals surface area contributed by atoms with Crippen LogP contribution in [0.3, 0.4) is 0 Å². The van der Waals surface area contributed by atoms with Crippen LogP contribution < -0.4 is 10.8 Å². The van der Waals surface area contributed by atoms with Crippen molar-refractivity contribution >= 4 is 19.1 Å². The van der Waals surface area contributed by atoms with Crippen LogP contribution in [-0.4, -0.2) is 19.4 Å². The van der Waals surface area contributed by atoms with Gasteiger partial charge < -0.3 is 5.32 Å². The second-order valence-electron chi connectivity index (χ2n) is 3.27. The minimum absolute atomic E-state index is 0.487. The maximum Gasteiger partial charge on any atom is 0.126 e. The first-order valence-electron chi connectivity index (χ1n) is 4.73. The van der Waals surface area contributed by atoms with Crippen molar-refractivity contribution in [1.29, 1.82) is 0 Å². The van der Waals surface area contributed by atoms with E-state index < -0.39 is 5.83 Å². The van der Waals surface area contributed by atoms with E-state index in [1.165, 1.54) is 6.08 Å². The quantitative estimate of drug-likeness (QED) is 0.597. The van der Waals surface area contributed by atoms with Gasteiger partial charge in [0.2, 0.25) is 0 Å². The van der Waals surface area contributed by atoms with Gasteiger partial charge in [0.1, 0.15) is 19.5 Å². The van der Waals surface area contributed by atoms with E-state index in [-0.39, 0.29) is 0 Å². The maximum absolute atomic E-state index is 12.3. The lowest BCUT2D eigenvalue weighted by molar-refractivity contribution is 0.671. The van der Waals surface area contributed by atoms with E-state index in [1.54, 1.807) is 24.4 Å². The molecule has 0 spiro atoms. The van der Waals surface area contributed by atoms with Crippen LogP contribution in [0.5, 0.6) is 0 Å². The Morgan fingerprint density at radius 1 is 1.44 bits per heavy atom. The summed E-state index contributed by atoms with van der Waals surface area (Å²) in [6, 6.07) is 3.51. The third kappa shape index (κ3) is 4.60. The minimum atomic E-state index is -0.494. The average Bonchev–Trinajstić information content (AvgIpc) is 2.25. The molecule has 4 heteroatoms. The Hall–Kier alpha value is -1.84.